The summed E-state index contributed by atoms with van der Waals surface area (Å²) < 4.78 is 72.2. The fourth-order valence-corrected chi connectivity index (χ4v) is 6.13. The summed E-state index contributed by atoms with van der Waals surface area (Å²) in [6.45, 7) is 0. The van der Waals surface area contributed by atoms with Crippen LogP contribution in [0.25, 0.3) is 76.8 Å². The van der Waals surface area contributed by atoms with E-state index in [9.17, 15) is 5.48 Å². The van der Waals surface area contributed by atoms with Gasteiger partial charge in [0.25, 0.3) is 0 Å². The van der Waals surface area contributed by atoms with Gasteiger partial charge in [0.15, 0.2) is 0 Å². The van der Waals surface area contributed by atoms with Gasteiger partial charge in [-0.2, -0.15) is 0 Å². The zero-order valence-corrected chi connectivity index (χ0v) is 22.5. The maximum Gasteiger partial charge on any atom is 0.0629 e. The molecule has 0 unspecified atom stereocenters. The minimum Gasteiger partial charge on any atom is -0.0622 e. The molecular weight excluding hydrogens is 504 g/mol. The van der Waals surface area contributed by atoms with Crippen molar-refractivity contribution < 1.29 is 11.0 Å². The van der Waals surface area contributed by atoms with Crippen molar-refractivity contribution in [2.24, 2.45) is 0 Å². The van der Waals surface area contributed by atoms with Crippen LogP contribution >= 0.6 is 0 Å². The Morgan fingerprint density at radius 1 is 0.310 bits per heavy atom. The van der Waals surface area contributed by atoms with Gasteiger partial charge in [-0.1, -0.05) is 170 Å². The number of rotatable bonds is 4. The van der Waals surface area contributed by atoms with Crippen LogP contribution in [0.2, 0.25) is 0 Å². The molecule has 0 saturated carbocycles. The van der Waals surface area contributed by atoms with Crippen molar-refractivity contribution in [3.05, 3.63) is 170 Å². The first kappa shape index (κ1) is 17.4. The van der Waals surface area contributed by atoms with Gasteiger partial charge in [0.2, 0.25) is 0 Å². The second-order valence-corrected chi connectivity index (χ2v) is 10.2. The molecule has 0 aromatic heterocycles. The summed E-state index contributed by atoms with van der Waals surface area (Å²) in [5.41, 5.74) is 5.76. The summed E-state index contributed by atoms with van der Waals surface area (Å²) in [7, 11) is 0. The molecular formula is C42H28. The van der Waals surface area contributed by atoms with E-state index < -0.39 is 24.2 Å². The van der Waals surface area contributed by atoms with Crippen LogP contribution in [0.3, 0.4) is 0 Å². The van der Waals surface area contributed by atoms with E-state index >= 15 is 0 Å². The van der Waals surface area contributed by atoms with Gasteiger partial charge in [-0.15, -0.1) is 0 Å². The van der Waals surface area contributed by atoms with Crippen LogP contribution in [-0.4, -0.2) is 0 Å². The first-order valence-corrected chi connectivity index (χ1v) is 13.9. The maximum atomic E-state index is 9.35. The zero-order valence-electron chi connectivity index (χ0n) is 30.5. The van der Waals surface area contributed by atoms with E-state index in [1.807, 2.05) is 91.0 Å². The third-order valence-electron chi connectivity index (χ3n) is 7.92. The van der Waals surface area contributed by atoms with Crippen LogP contribution in [0.4, 0.5) is 0 Å². The van der Waals surface area contributed by atoms with Crippen LogP contribution in [0, 0.1) is 0 Å². The topological polar surface area (TPSA) is 0 Å². The van der Waals surface area contributed by atoms with E-state index in [2.05, 4.69) is 6.07 Å². The Morgan fingerprint density at radius 2 is 0.738 bits per heavy atom. The van der Waals surface area contributed by atoms with Crippen molar-refractivity contribution in [2.75, 3.05) is 0 Å². The molecule has 0 bridgehead atoms. The molecule has 0 radical (unpaired) electrons. The molecule has 0 aliphatic rings. The van der Waals surface area contributed by atoms with Gasteiger partial charge in [-0.05, 0) is 76.8 Å². The van der Waals surface area contributed by atoms with E-state index in [0.29, 0.717) is 22.3 Å². The smallest absolute Gasteiger partial charge is 0.0622 e. The molecule has 0 heterocycles. The molecule has 0 fully saturated rings. The standard InChI is InChI=1S/C42H28/c1-4-15-29(16-5-1)32-25-14-26-38-39(28-27-33(41(32)38)30-17-6-2-7-18-30)42-36-23-12-10-21-34(36)40(31-19-8-3-9-20-31)35-22-11-13-24-37(35)42/h1-28H/i10D,11D,12D,13D,21D,22D,23D,24D. The van der Waals surface area contributed by atoms with Crippen molar-refractivity contribution in [3.63, 3.8) is 0 Å². The molecule has 8 rings (SSSR count). The Kier molecular flexibility index (Phi) is 4.21. The molecule has 0 aliphatic heterocycles. The van der Waals surface area contributed by atoms with Gasteiger partial charge in [-0.25, -0.2) is 0 Å². The summed E-state index contributed by atoms with van der Waals surface area (Å²) in [5.74, 6) is 0. The van der Waals surface area contributed by atoms with Gasteiger partial charge in [0, 0.05) is 0 Å². The second-order valence-electron chi connectivity index (χ2n) is 10.2. The highest BCUT2D eigenvalue weighted by molar-refractivity contribution is 6.25. The number of hydrogen-bond donors (Lipinski definition) is 0. The highest BCUT2D eigenvalue weighted by atomic mass is 14.2. The fraction of sp³-hybridized carbons (Fsp3) is 0. The minimum absolute atomic E-state index is 0.200. The molecule has 0 aliphatic carbocycles. The molecule has 0 saturated heterocycles. The summed E-state index contributed by atoms with van der Waals surface area (Å²) in [6.07, 6.45) is 0. The van der Waals surface area contributed by atoms with Crippen molar-refractivity contribution in [1.82, 2.24) is 0 Å². The monoisotopic (exact) mass is 540 g/mol. The Hall–Kier alpha value is -5.46. The molecule has 0 N–H and O–H groups in total. The summed E-state index contributed by atoms with van der Waals surface area (Å²) in [5, 5.41) is 2.50. The van der Waals surface area contributed by atoms with E-state index in [4.69, 9.17) is 5.48 Å². The molecule has 0 spiro atoms. The molecule has 0 nitrogen and oxygen atoms in total. The van der Waals surface area contributed by atoms with Crippen LogP contribution in [0.15, 0.2) is 170 Å². The Balaban J connectivity index is 1.68. The maximum absolute atomic E-state index is 9.35. The predicted octanol–water partition coefficient (Wildman–Crippen LogP) is 11.8. The number of fused-ring (bicyclic) bond motifs is 3. The summed E-state index contributed by atoms with van der Waals surface area (Å²) in [4.78, 5) is 0. The van der Waals surface area contributed by atoms with Gasteiger partial charge >= 0.3 is 0 Å². The third-order valence-corrected chi connectivity index (χ3v) is 7.92. The molecule has 8 aromatic carbocycles. The Morgan fingerprint density at radius 3 is 1.26 bits per heavy atom. The summed E-state index contributed by atoms with van der Waals surface area (Å²) >= 11 is 0. The highest BCUT2D eigenvalue weighted by Crippen LogP contribution is 2.47. The van der Waals surface area contributed by atoms with Crippen molar-refractivity contribution in [2.45, 2.75) is 0 Å². The first-order chi connectivity index (χ1) is 24.2. The normalized spacial score (nSPS) is 14.0. The largest absolute Gasteiger partial charge is 0.0629 e. The lowest BCUT2D eigenvalue weighted by atomic mass is 9.82. The number of hydrogen-bond acceptors (Lipinski definition) is 0. The lowest BCUT2D eigenvalue weighted by Gasteiger charge is -2.20. The SMILES string of the molecule is [2H]c1c([2H])c([2H])c2c(-c3ccc(-c4ccccc4)c4c(-c5ccccc5)cccc34)c3c([2H])c([2H])c([2H])c([2H])c3c(-c3ccccc3)c2c1[2H]. The summed E-state index contributed by atoms with van der Waals surface area (Å²) in [6, 6.07) is 36.2. The van der Waals surface area contributed by atoms with Crippen molar-refractivity contribution in [1.29, 1.82) is 0 Å². The molecule has 196 valence electrons. The van der Waals surface area contributed by atoms with Gasteiger partial charge in [0.1, 0.15) is 0 Å². The van der Waals surface area contributed by atoms with Crippen LogP contribution in [-0.2, 0) is 0 Å². The minimum atomic E-state index is -0.418. The third kappa shape index (κ3) is 3.92. The molecule has 0 heteroatoms. The van der Waals surface area contributed by atoms with Gasteiger partial charge in [0.05, 0.1) is 11.0 Å². The lowest BCUT2D eigenvalue weighted by Crippen LogP contribution is -1.93. The van der Waals surface area contributed by atoms with Crippen LogP contribution in [0.5, 0.6) is 0 Å². The van der Waals surface area contributed by atoms with Gasteiger partial charge in [-0.3, -0.25) is 0 Å². The quantitative estimate of drug-likeness (QED) is 0.195. The lowest BCUT2D eigenvalue weighted by molar-refractivity contribution is 1.62. The number of benzene rings is 8. The predicted molar refractivity (Wildman–Crippen MR) is 181 cm³/mol. The Bertz CT molecular complexity index is 2530. The second kappa shape index (κ2) is 10.2. The molecule has 0 amide bonds. The van der Waals surface area contributed by atoms with Crippen molar-refractivity contribution in [3.8, 4) is 44.5 Å². The average molecular weight is 541 g/mol. The Labute approximate surface area is 257 Å². The van der Waals surface area contributed by atoms with E-state index in [-0.39, 0.29) is 45.7 Å². The van der Waals surface area contributed by atoms with E-state index in [1.165, 1.54) is 0 Å². The average Bonchev–Trinajstić information content (AvgIpc) is 3.16. The van der Waals surface area contributed by atoms with E-state index in [1.54, 1.807) is 24.3 Å². The highest BCUT2D eigenvalue weighted by Gasteiger charge is 2.20. The molecule has 42 heavy (non-hydrogen) atoms. The van der Waals surface area contributed by atoms with Crippen LogP contribution in [0.1, 0.15) is 11.0 Å². The van der Waals surface area contributed by atoms with Crippen LogP contribution < -0.4 is 0 Å². The van der Waals surface area contributed by atoms with Gasteiger partial charge < -0.3 is 0 Å². The van der Waals surface area contributed by atoms with E-state index in [0.717, 1.165) is 33.0 Å². The first-order valence-electron chi connectivity index (χ1n) is 17.9. The zero-order chi connectivity index (χ0) is 34.8. The fourth-order valence-electron chi connectivity index (χ4n) is 6.13. The molecule has 0 atom stereocenters. The van der Waals surface area contributed by atoms with Crippen molar-refractivity contribution >= 4 is 32.3 Å². The molecule has 8 aromatic rings.